The fourth-order valence-corrected chi connectivity index (χ4v) is 4.91. The number of nitrogens with two attached hydrogens (primary N) is 1. The second kappa shape index (κ2) is 14.2. The Hall–Kier alpha value is -3.59. The molecule has 4 rings (SSSR count). The van der Waals surface area contributed by atoms with E-state index in [0.29, 0.717) is 5.56 Å². The summed E-state index contributed by atoms with van der Waals surface area (Å²) in [4.78, 5) is 38.2. The molecule has 0 bridgehead atoms. The fraction of sp³-hybridized carbons (Fsp3) is 0.464. The highest BCUT2D eigenvalue weighted by molar-refractivity contribution is 5.81. The van der Waals surface area contributed by atoms with Crippen molar-refractivity contribution in [2.45, 2.75) is 38.3 Å². The molecule has 2 aromatic rings. The predicted molar refractivity (Wildman–Crippen MR) is 141 cm³/mol. The number of carboxylic acid groups (broad SMARTS) is 1. The Labute approximate surface area is 218 Å². The van der Waals surface area contributed by atoms with Crippen LogP contribution in [0.4, 0.5) is 9.59 Å². The summed E-state index contributed by atoms with van der Waals surface area (Å²) in [5, 5.41) is 11.5. The van der Waals surface area contributed by atoms with Crippen LogP contribution in [0, 0.1) is 11.8 Å². The number of amides is 3. The first-order valence-corrected chi connectivity index (χ1v) is 12.8. The molecule has 2 heterocycles. The summed E-state index contributed by atoms with van der Waals surface area (Å²) in [5.41, 5.74) is 6.61. The van der Waals surface area contributed by atoms with E-state index in [1.165, 1.54) is 25.9 Å². The second-order valence-electron chi connectivity index (χ2n) is 9.69. The van der Waals surface area contributed by atoms with Crippen molar-refractivity contribution >= 4 is 18.1 Å². The number of urea groups is 1. The first-order chi connectivity index (χ1) is 17.8. The molecule has 2 aliphatic heterocycles. The van der Waals surface area contributed by atoms with Crippen LogP contribution in [0.5, 0.6) is 0 Å². The maximum atomic E-state index is 11.7. The summed E-state index contributed by atoms with van der Waals surface area (Å²) in [6, 6.07) is 16.3. The van der Waals surface area contributed by atoms with Crippen molar-refractivity contribution in [3.05, 3.63) is 71.8 Å². The Morgan fingerprint density at radius 3 is 1.95 bits per heavy atom. The third-order valence-corrected chi connectivity index (χ3v) is 7.14. The second-order valence-corrected chi connectivity index (χ2v) is 9.69. The number of carbonyl (C=O) groups is 3. The Balaban J connectivity index is 0.000000213. The maximum absolute atomic E-state index is 11.7. The predicted octanol–water partition coefficient (Wildman–Crippen LogP) is 3.86. The lowest BCUT2D eigenvalue weighted by atomic mass is 9.79. The third kappa shape index (κ3) is 9.09. The number of hydrogen-bond donors (Lipinski definition) is 3. The first-order valence-electron chi connectivity index (χ1n) is 12.8. The van der Waals surface area contributed by atoms with Gasteiger partial charge in [-0.3, -0.25) is 0 Å². The van der Waals surface area contributed by atoms with E-state index in [0.717, 1.165) is 43.3 Å². The van der Waals surface area contributed by atoms with Crippen LogP contribution < -0.4 is 11.1 Å². The van der Waals surface area contributed by atoms with Crippen molar-refractivity contribution in [1.29, 1.82) is 0 Å². The van der Waals surface area contributed by atoms with Gasteiger partial charge in [0.05, 0.1) is 0 Å². The molecule has 0 radical (unpaired) electrons. The Morgan fingerprint density at radius 2 is 1.43 bits per heavy atom. The molecule has 0 spiro atoms. The van der Waals surface area contributed by atoms with Crippen LogP contribution in [0.1, 0.15) is 42.9 Å². The quantitative estimate of drug-likeness (QED) is 0.542. The summed E-state index contributed by atoms with van der Waals surface area (Å²) in [7, 11) is 2.20. The zero-order valence-electron chi connectivity index (χ0n) is 21.4. The highest BCUT2D eigenvalue weighted by atomic mass is 16.5. The van der Waals surface area contributed by atoms with E-state index in [1.54, 1.807) is 35.2 Å². The molecule has 9 heteroatoms. The largest absolute Gasteiger partial charge is 0.479 e. The number of nitrogens with one attached hydrogen (secondary N) is 1. The van der Waals surface area contributed by atoms with Crippen LogP contribution in [-0.2, 0) is 16.1 Å². The van der Waals surface area contributed by atoms with Gasteiger partial charge in [0.2, 0.25) is 0 Å². The van der Waals surface area contributed by atoms with Gasteiger partial charge in [-0.2, -0.15) is 0 Å². The molecule has 200 valence electrons. The molecule has 2 saturated heterocycles. The van der Waals surface area contributed by atoms with Gasteiger partial charge in [0.1, 0.15) is 6.61 Å². The zero-order valence-corrected chi connectivity index (χ0v) is 21.4. The number of hydrogen-bond acceptors (Lipinski definition) is 5. The lowest BCUT2D eigenvalue weighted by molar-refractivity contribution is -0.139. The van der Waals surface area contributed by atoms with Crippen LogP contribution in [0.2, 0.25) is 0 Å². The van der Waals surface area contributed by atoms with Crippen LogP contribution in [0.3, 0.4) is 0 Å². The number of benzene rings is 2. The van der Waals surface area contributed by atoms with Gasteiger partial charge in [0.25, 0.3) is 0 Å². The maximum Gasteiger partial charge on any atom is 0.408 e. The van der Waals surface area contributed by atoms with E-state index >= 15 is 0 Å². The summed E-state index contributed by atoms with van der Waals surface area (Å²) >= 11 is 0. The minimum atomic E-state index is -1.14. The van der Waals surface area contributed by atoms with Crippen LogP contribution in [0.15, 0.2) is 60.7 Å². The molecule has 0 aliphatic carbocycles. The van der Waals surface area contributed by atoms with E-state index in [4.69, 9.17) is 10.5 Å². The molecular weight excluding hydrogens is 472 g/mol. The van der Waals surface area contributed by atoms with Crippen LogP contribution in [-0.4, -0.2) is 66.2 Å². The molecule has 0 unspecified atom stereocenters. The van der Waals surface area contributed by atoms with Crippen molar-refractivity contribution in [2.75, 3.05) is 33.2 Å². The molecule has 9 nitrogen and oxygen atoms in total. The lowest BCUT2D eigenvalue weighted by Crippen LogP contribution is -2.44. The minimum Gasteiger partial charge on any atom is -0.479 e. The number of carbonyl (C=O) groups excluding carboxylic acids is 2. The lowest BCUT2D eigenvalue weighted by Gasteiger charge is -2.38. The Morgan fingerprint density at radius 1 is 0.919 bits per heavy atom. The van der Waals surface area contributed by atoms with Crippen molar-refractivity contribution in [1.82, 2.24) is 15.1 Å². The van der Waals surface area contributed by atoms with E-state index in [-0.39, 0.29) is 12.6 Å². The van der Waals surface area contributed by atoms with Crippen molar-refractivity contribution < 1.29 is 24.2 Å². The number of aliphatic carboxylic acids is 1. The summed E-state index contributed by atoms with van der Waals surface area (Å²) in [6.45, 7) is 4.30. The first kappa shape index (κ1) is 28.0. The Kier molecular flexibility index (Phi) is 10.8. The van der Waals surface area contributed by atoms with E-state index in [9.17, 15) is 19.5 Å². The monoisotopic (exact) mass is 510 g/mol. The number of alkyl carbamates (subject to hydrolysis) is 1. The van der Waals surface area contributed by atoms with E-state index in [1.807, 2.05) is 30.3 Å². The normalized spacial score (nSPS) is 17.7. The van der Waals surface area contributed by atoms with Gasteiger partial charge < -0.3 is 30.7 Å². The highest BCUT2D eigenvalue weighted by Crippen LogP contribution is 2.32. The van der Waals surface area contributed by atoms with Gasteiger partial charge in [0, 0.05) is 13.1 Å². The van der Waals surface area contributed by atoms with Gasteiger partial charge in [-0.25, -0.2) is 14.4 Å². The summed E-state index contributed by atoms with van der Waals surface area (Å²) in [6.07, 6.45) is 4.19. The summed E-state index contributed by atoms with van der Waals surface area (Å²) < 4.78 is 5.02. The smallest absolute Gasteiger partial charge is 0.408 e. The number of carboxylic acids is 1. The molecule has 0 aromatic heterocycles. The fourth-order valence-electron chi connectivity index (χ4n) is 4.91. The SMILES string of the molecule is CN1CCC(C2CCN(C(N)=O)CC2)CC1.O=C(N[C@@H](C(=O)O)c1ccccc1)OCc1ccccc1. The average molecular weight is 511 g/mol. The van der Waals surface area contributed by atoms with Gasteiger partial charge in [0.15, 0.2) is 6.04 Å². The van der Waals surface area contributed by atoms with Gasteiger partial charge in [-0.05, 0) is 68.8 Å². The number of ether oxygens (including phenoxy) is 1. The molecular formula is C28H38N4O5. The molecule has 2 aliphatic rings. The number of primary amides is 1. The standard InChI is InChI=1S/C16H15NO4.C12H23N3O/c18-15(19)14(13-9-5-2-6-10-13)17-16(20)21-11-12-7-3-1-4-8-12;1-14-6-2-10(3-7-14)11-4-8-15(9-5-11)12(13)16/h1-10,14H,11H2,(H,17,20)(H,18,19);10-11H,2-9H2,1H3,(H2,13,16)/t14-;/m1./s1. The van der Waals surface area contributed by atoms with E-state index < -0.39 is 18.1 Å². The van der Waals surface area contributed by atoms with Crippen LogP contribution in [0.25, 0.3) is 0 Å². The molecule has 0 saturated carbocycles. The van der Waals surface area contributed by atoms with Gasteiger partial charge >= 0.3 is 18.1 Å². The molecule has 2 fully saturated rings. The average Bonchev–Trinajstić information content (AvgIpc) is 2.92. The zero-order chi connectivity index (χ0) is 26.6. The topological polar surface area (TPSA) is 125 Å². The summed E-state index contributed by atoms with van der Waals surface area (Å²) in [5.74, 6) is 0.563. The van der Waals surface area contributed by atoms with Gasteiger partial charge in [-0.15, -0.1) is 0 Å². The molecule has 4 N–H and O–H groups in total. The van der Waals surface area contributed by atoms with Crippen LogP contribution >= 0.6 is 0 Å². The number of rotatable bonds is 6. The molecule has 37 heavy (non-hydrogen) atoms. The van der Waals surface area contributed by atoms with E-state index in [2.05, 4.69) is 17.3 Å². The number of nitrogens with zero attached hydrogens (tertiary/aromatic N) is 2. The van der Waals surface area contributed by atoms with Crippen molar-refractivity contribution in [3.8, 4) is 0 Å². The Bertz CT molecular complexity index is 988. The van der Waals surface area contributed by atoms with Gasteiger partial charge in [-0.1, -0.05) is 60.7 Å². The van der Waals surface area contributed by atoms with Crippen molar-refractivity contribution in [2.24, 2.45) is 17.6 Å². The number of likely N-dealkylation sites (tertiary alicyclic amines) is 2. The third-order valence-electron chi connectivity index (χ3n) is 7.14. The molecule has 1 atom stereocenters. The number of piperidine rings is 2. The minimum absolute atomic E-state index is 0.0911. The van der Waals surface area contributed by atoms with Crippen molar-refractivity contribution in [3.63, 3.8) is 0 Å². The highest BCUT2D eigenvalue weighted by Gasteiger charge is 2.29. The molecule has 3 amide bonds. The molecule has 2 aromatic carbocycles.